The van der Waals surface area contributed by atoms with Gasteiger partial charge in [0.05, 0.1) is 6.61 Å². The first-order valence-corrected chi connectivity index (χ1v) is 2.14. The third-order valence-electron chi connectivity index (χ3n) is 0.750. The maximum atomic E-state index is 8.57. The Kier molecular flexibility index (Phi) is 2.32. The average molecular weight is 121 g/mol. The summed E-state index contributed by atoms with van der Waals surface area (Å²) in [5.41, 5.74) is 14.8. The zero-order valence-corrected chi connectivity index (χ0v) is 4.41. The maximum absolute atomic E-state index is 8.57. The van der Waals surface area contributed by atoms with Crippen LogP contribution in [0.5, 0.6) is 0 Å². The van der Waals surface area contributed by atoms with Crippen LogP contribution in [-0.4, -0.2) is 28.7 Å². The van der Waals surface area contributed by atoms with Crippen molar-refractivity contribution in [2.75, 3.05) is 6.61 Å². The van der Waals surface area contributed by atoms with Crippen LogP contribution < -0.4 is 17.2 Å². The Morgan fingerprint density at radius 3 is 1.75 bits per heavy atom. The maximum Gasteiger partial charge on any atom is 0.145 e. The van der Waals surface area contributed by atoms with E-state index in [1.54, 1.807) is 0 Å². The second-order valence-electron chi connectivity index (χ2n) is 1.70. The molecule has 0 saturated carbocycles. The number of aliphatic hydroxyl groups is 2. The van der Waals surface area contributed by atoms with Gasteiger partial charge in [0.2, 0.25) is 0 Å². The topological polar surface area (TPSA) is 119 Å². The summed E-state index contributed by atoms with van der Waals surface area (Å²) in [5.74, 6) is -1.69. The standard InChI is InChI=1S/C3H11N3O2/c4-3(5,6)2(8)1-7/h2,7-8H,1,4-6H2. The van der Waals surface area contributed by atoms with Gasteiger partial charge in [-0.15, -0.1) is 0 Å². The molecule has 0 aromatic carbocycles. The smallest absolute Gasteiger partial charge is 0.145 e. The van der Waals surface area contributed by atoms with Crippen LogP contribution in [0.25, 0.3) is 0 Å². The summed E-state index contributed by atoms with van der Waals surface area (Å²) in [4.78, 5) is 0. The highest BCUT2D eigenvalue weighted by Crippen LogP contribution is 1.86. The Bertz CT molecular complexity index is 69.4. The fourth-order valence-electron chi connectivity index (χ4n) is 0.158. The average Bonchev–Trinajstić information content (AvgIpc) is 1.62. The van der Waals surface area contributed by atoms with Crippen LogP contribution >= 0.6 is 0 Å². The molecule has 8 N–H and O–H groups in total. The van der Waals surface area contributed by atoms with Crippen molar-refractivity contribution in [1.29, 1.82) is 0 Å². The van der Waals surface area contributed by atoms with Crippen LogP contribution in [0.4, 0.5) is 0 Å². The molecule has 0 aliphatic carbocycles. The Balaban J connectivity index is 3.62. The van der Waals surface area contributed by atoms with E-state index in [-0.39, 0.29) is 0 Å². The molecule has 50 valence electrons. The quantitative estimate of drug-likeness (QED) is 0.247. The van der Waals surface area contributed by atoms with Gasteiger partial charge in [-0.2, -0.15) is 0 Å². The second-order valence-corrected chi connectivity index (χ2v) is 1.70. The molecular formula is C3H11N3O2. The summed E-state index contributed by atoms with van der Waals surface area (Å²) < 4.78 is 0. The van der Waals surface area contributed by atoms with E-state index in [1.165, 1.54) is 0 Å². The molecule has 0 amide bonds. The van der Waals surface area contributed by atoms with Crippen LogP contribution in [-0.2, 0) is 0 Å². The lowest BCUT2D eigenvalue weighted by Gasteiger charge is -2.22. The predicted octanol–water partition coefficient (Wildman–Crippen LogP) is -3.13. The highest BCUT2D eigenvalue weighted by atomic mass is 16.3. The second kappa shape index (κ2) is 2.38. The number of hydrogen-bond acceptors (Lipinski definition) is 5. The van der Waals surface area contributed by atoms with Gasteiger partial charge in [0.15, 0.2) is 0 Å². The first-order valence-electron chi connectivity index (χ1n) is 2.14. The number of aliphatic hydroxyl groups excluding tert-OH is 2. The van der Waals surface area contributed by atoms with Crippen LogP contribution in [0, 0.1) is 0 Å². The van der Waals surface area contributed by atoms with E-state index >= 15 is 0 Å². The first-order chi connectivity index (χ1) is 3.48. The van der Waals surface area contributed by atoms with E-state index in [9.17, 15) is 0 Å². The summed E-state index contributed by atoms with van der Waals surface area (Å²) in [7, 11) is 0. The van der Waals surface area contributed by atoms with Gasteiger partial charge < -0.3 is 10.2 Å². The van der Waals surface area contributed by atoms with Gasteiger partial charge in [-0.05, 0) is 0 Å². The van der Waals surface area contributed by atoms with Crippen molar-refractivity contribution in [1.82, 2.24) is 0 Å². The Morgan fingerprint density at radius 2 is 1.75 bits per heavy atom. The molecule has 0 radical (unpaired) electrons. The van der Waals surface area contributed by atoms with E-state index in [0.717, 1.165) is 0 Å². The van der Waals surface area contributed by atoms with Crippen molar-refractivity contribution >= 4 is 0 Å². The van der Waals surface area contributed by atoms with Crippen molar-refractivity contribution in [2.24, 2.45) is 17.2 Å². The van der Waals surface area contributed by atoms with Gasteiger partial charge in [-0.3, -0.25) is 17.2 Å². The summed E-state index contributed by atoms with van der Waals surface area (Å²) in [6.07, 6.45) is -1.26. The lowest BCUT2D eigenvalue weighted by Crippen LogP contribution is -2.67. The van der Waals surface area contributed by atoms with Crippen molar-refractivity contribution < 1.29 is 10.2 Å². The summed E-state index contributed by atoms with van der Waals surface area (Å²) in [6, 6.07) is 0. The molecule has 0 bridgehead atoms. The summed E-state index contributed by atoms with van der Waals surface area (Å²) >= 11 is 0. The summed E-state index contributed by atoms with van der Waals surface area (Å²) in [6.45, 7) is -0.524. The summed E-state index contributed by atoms with van der Waals surface area (Å²) in [5, 5.41) is 16.7. The molecule has 5 heteroatoms. The molecule has 0 heterocycles. The lowest BCUT2D eigenvalue weighted by molar-refractivity contribution is 0.0352. The minimum Gasteiger partial charge on any atom is -0.393 e. The van der Waals surface area contributed by atoms with E-state index < -0.39 is 18.5 Å². The molecule has 1 atom stereocenters. The fourth-order valence-corrected chi connectivity index (χ4v) is 0.158. The Hall–Kier alpha value is -0.200. The molecule has 0 saturated heterocycles. The fraction of sp³-hybridized carbons (Fsp3) is 1.00. The molecular weight excluding hydrogens is 110 g/mol. The number of nitrogens with two attached hydrogens (primary N) is 3. The van der Waals surface area contributed by atoms with Crippen LogP contribution in [0.1, 0.15) is 0 Å². The van der Waals surface area contributed by atoms with E-state index in [2.05, 4.69) is 0 Å². The third kappa shape index (κ3) is 2.20. The molecule has 0 rings (SSSR count). The van der Waals surface area contributed by atoms with Crippen LogP contribution in [0.15, 0.2) is 0 Å². The van der Waals surface area contributed by atoms with Gasteiger partial charge in [-0.25, -0.2) is 0 Å². The Morgan fingerprint density at radius 1 is 1.38 bits per heavy atom. The molecule has 5 nitrogen and oxygen atoms in total. The minimum atomic E-state index is -1.69. The molecule has 0 spiro atoms. The van der Waals surface area contributed by atoms with Crippen LogP contribution in [0.3, 0.4) is 0 Å². The van der Waals surface area contributed by atoms with Gasteiger partial charge in [0.25, 0.3) is 0 Å². The SMILES string of the molecule is NC(N)(N)C(O)CO. The lowest BCUT2D eigenvalue weighted by atomic mass is 10.2. The van der Waals surface area contributed by atoms with Crippen molar-refractivity contribution in [3.05, 3.63) is 0 Å². The normalized spacial score (nSPS) is 16.1. The highest BCUT2D eigenvalue weighted by Gasteiger charge is 2.22. The van der Waals surface area contributed by atoms with E-state index in [1.807, 2.05) is 0 Å². The highest BCUT2D eigenvalue weighted by molar-refractivity contribution is 4.76. The van der Waals surface area contributed by atoms with Gasteiger partial charge >= 0.3 is 0 Å². The van der Waals surface area contributed by atoms with Crippen molar-refractivity contribution in [3.8, 4) is 0 Å². The number of hydrogen-bond donors (Lipinski definition) is 5. The van der Waals surface area contributed by atoms with E-state index in [4.69, 9.17) is 27.4 Å². The predicted molar refractivity (Wildman–Crippen MR) is 28.4 cm³/mol. The van der Waals surface area contributed by atoms with E-state index in [0.29, 0.717) is 0 Å². The van der Waals surface area contributed by atoms with Crippen molar-refractivity contribution in [3.63, 3.8) is 0 Å². The zero-order chi connectivity index (χ0) is 6.78. The zero-order valence-electron chi connectivity index (χ0n) is 4.41. The van der Waals surface area contributed by atoms with Gasteiger partial charge in [0.1, 0.15) is 11.9 Å². The van der Waals surface area contributed by atoms with Gasteiger partial charge in [-0.1, -0.05) is 0 Å². The molecule has 0 aliphatic rings. The third-order valence-corrected chi connectivity index (χ3v) is 0.750. The van der Waals surface area contributed by atoms with Crippen molar-refractivity contribution in [2.45, 2.75) is 11.9 Å². The van der Waals surface area contributed by atoms with Crippen LogP contribution in [0.2, 0.25) is 0 Å². The molecule has 0 aromatic rings. The molecule has 8 heavy (non-hydrogen) atoms. The molecule has 0 fully saturated rings. The number of rotatable bonds is 2. The van der Waals surface area contributed by atoms with Gasteiger partial charge in [0, 0.05) is 0 Å². The molecule has 1 unspecified atom stereocenters. The largest absolute Gasteiger partial charge is 0.393 e. The monoisotopic (exact) mass is 121 g/mol. The molecule has 0 aromatic heterocycles. The Labute approximate surface area is 47.1 Å². The minimum absolute atomic E-state index is 0.524. The first kappa shape index (κ1) is 7.80. The molecule has 0 aliphatic heterocycles.